The maximum Gasteiger partial charge on any atom is 0.325 e. The number of hydrogen-bond donors (Lipinski definition) is 3. The van der Waals surface area contributed by atoms with Crippen LogP contribution in [0.15, 0.2) is 42.5 Å². The van der Waals surface area contributed by atoms with Crippen molar-refractivity contribution in [3.05, 3.63) is 53.1 Å². The van der Waals surface area contributed by atoms with E-state index in [1.807, 2.05) is 0 Å². The molecule has 4 rings (SSSR count). The Morgan fingerprint density at radius 2 is 1.78 bits per heavy atom. The first kappa shape index (κ1) is 21.4. The number of anilines is 1. The van der Waals surface area contributed by atoms with Crippen LogP contribution in [0.4, 0.5) is 15.3 Å². The monoisotopic (exact) mass is 458 g/mol. The van der Waals surface area contributed by atoms with Gasteiger partial charge in [-0.25, -0.2) is 9.59 Å². The van der Waals surface area contributed by atoms with Crippen molar-refractivity contribution in [1.82, 2.24) is 15.5 Å². The van der Waals surface area contributed by atoms with E-state index < -0.39 is 36.0 Å². The second-order valence-electron chi connectivity index (χ2n) is 7.31. The van der Waals surface area contributed by atoms with E-state index in [9.17, 15) is 19.2 Å². The van der Waals surface area contributed by atoms with E-state index in [0.29, 0.717) is 41.0 Å². The van der Waals surface area contributed by atoms with Crippen molar-refractivity contribution in [2.45, 2.75) is 12.5 Å². The molecular formula is C21H19ClN4O6. The van der Waals surface area contributed by atoms with E-state index in [1.54, 1.807) is 42.5 Å². The number of imide groups is 2. The van der Waals surface area contributed by atoms with Crippen LogP contribution in [0.1, 0.15) is 12.5 Å². The van der Waals surface area contributed by atoms with Crippen molar-refractivity contribution in [1.29, 1.82) is 0 Å². The summed E-state index contributed by atoms with van der Waals surface area (Å²) < 4.78 is 10.8. The minimum atomic E-state index is -1.35. The maximum atomic E-state index is 12.9. The van der Waals surface area contributed by atoms with Crippen molar-refractivity contribution >= 4 is 41.2 Å². The smallest absolute Gasteiger partial charge is 0.325 e. The first-order chi connectivity index (χ1) is 15.3. The molecule has 0 saturated carbocycles. The lowest BCUT2D eigenvalue weighted by Gasteiger charge is -2.22. The van der Waals surface area contributed by atoms with Crippen molar-refractivity contribution in [3.8, 4) is 11.5 Å². The van der Waals surface area contributed by atoms with Gasteiger partial charge in [0.1, 0.15) is 25.3 Å². The summed E-state index contributed by atoms with van der Waals surface area (Å²) >= 11 is 5.88. The van der Waals surface area contributed by atoms with Gasteiger partial charge in [0.15, 0.2) is 11.5 Å². The molecule has 0 aromatic heterocycles. The fourth-order valence-electron chi connectivity index (χ4n) is 3.41. The van der Waals surface area contributed by atoms with Crippen molar-refractivity contribution in [2.24, 2.45) is 0 Å². The van der Waals surface area contributed by atoms with Crippen molar-refractivity contribution in [3.63, 3.8) is 0 Å². The van der Waals surface area contributed by atoms with Gasteiger partial charge in [-0.1, -0.05) is 23.7 Å². The van der Waals surface area contributed by atoms with E-state index in [-0.39, 0.29) is 0 Å². The molecule has 6 amide bonds. The van der Waals surface area contributed by atoms with Gasteiger partial charge in [-0.2, -0.15) is 0 Å². The number of halogens is 1. The quantitative estimate of drug-likeness (QED) is 0.603. The summed E-state index contributed by atoms with van der Waals surface area (Å²) in [5.41, 5.74) is -0.459. The lowest BCUT2D eigenvalue weighted by atomic mass is 9.92. The molecule has 2 heterocycles. The molecule has 0 bridgehead atoms. The summed E-state index contributed by atoms with van der Waals surface area (Å²) in [5, 5.41) is 7.66. The standard InChI is InChI=1S/C21H19ClN4O6/c1-21(12-2-4-13(22)5-3-12)18(28)26(20(30)25-21)11-17(27)24-19(29)23-14-6-7-15-16(10-14)32-9-8-31-15/h2-7,10H,8-9,11H2,1H3,(H,25,30)(H2,23,24,27,29). The van der Waals surface area contributed by atoms with Crippen molar-refractivity contribution in [2.75, 3.05) is 25.1 Å². The molecule has 1 unspecified atom stereocenters. The second-order valence-corrected chi connectivity index (χ2v) is 7.75. The number of nitrogens with one attached hydrogen (secondary N) is 3. The minimum absolute atomic E-state index is 0.379. The molecule has 0 aliphatic carbocycles. The second kappa shape index (κ2) is 8.39. The molecule has 11 heteroatoms. The van der Waals surface area contributed by atoms with E-state index in [1.165, 1.54) is 6.92 Å². The van der Waals surface area contributed by atoms with Crippen LogP contribution in [-0.4, -0.2) is 48.5 Å². The molecule has 2 aliphatic rings. The Hall–Kier alpha value is -3.79. The fraction of sp³-hybridized carbons (Fsp3) is 0.238. The topological polar surface area (TPSA) is 126 Å². The van der Waals surface area contributed by atoms with E-state index in [0.717, 1.165) is 4.90 Å². The highest BCUT2D eigenvalue weighted by atomic mass is 35.5. The summed E-state index contributed by atoms with van der Waals surface area (Å²) in [5.74, 6) is -0.419. The Morgan fingerprint density at radius 1 is 1.09 bits per heavy atom. The molecule has 10 nitrogen and oxygen atoms in total. The maximum absolute atomic E-state index is 12.9. The van der Waals surface area contributed by atoms with Crippen LogP contribution in [0.5, 0.6) is 11.5 Å². The Labute approximate surface area is 187 Å². The third kappa shape index (κ3) is 4.17. The van der Waals surface area contributed by atoms with E-state index in [4.69, 9.17) is 21.1 Å². The summed E-state index contributed by atoms with van der Waals surface area (Å²) in [6, 6.07) is 9.65. The van der Waals surface area contributed by atoms with Gasteiger partial charge in [-0.3, -0.25) is 19.8 Å². The Bertz CT molecular complexity index is 1110. The average Bonchev–Trinajstić information content (AvgIpc) is 2.97. The molecule has 0 spiro atoms. The summed E-state index contributed by atoms with van der Waals surface area (Å²) in [7, 11) is 0. The highest BCUT2D eigenvalue weighted by Gasteiger charge is 2.49. The molecule has 2 aromatic carbocycles. The molecule has 1 saturated heterocycles. The van der Waals surface area contributed by atoms with Crippen LogP contribution in [-0.2, 0) is 15.1 Å². The predicted octanol–water partition coefficient (Wildman–Crippen LogP) is 2.23. The Balaban J connectivity index is 1.37. The van der Waals surface area contributed by atoms with Gasteiger partial charge in [-0.15, -0.1) is 0 Å². The van der Waals surface area contributed by atoms with Crippen LogP contribution in [0.3, 0.4) is 0 Å². The molecule has 3 N–H and O–H groups in total. The number of carbonyl (C=O) groups is 4. The zero-order chi connectivity index (χ0) is 22.9. The van der Waals surface area contributed by atoms with Crippen LogP contribution < -0.4 is 25.4 Å². The number of nitrogens with zero attached hydrogens (tertiary/aromatic N) is 1. The zero-order valence-electron chi connectivity index (χ0n) is 16.9. The number of rotatable bonds is 4. The largest absolute Gasteiger partial charge is 0.486 e. The SMILES string of the molecule is CC1(c2ccc(Cl)cc2)NC(=O)N(CC(=O)NC(=O)Nc2ccc3c(c2)OCCO3)C1=O. The number of fused-ring (bicyclic) bond motifs is 1. The van der Waals surface area contributed by atoms with Crippen LogP contribution >= 0.6 is 11.6 Å². The number of benzene rings is 2. The van der Waals surface area contributed by atoms with Crippen LogP contribution in [0.25, 0.3) is 0 Å². The summed E-state index contributed by atoms with van der Waals surface area (Å²) in [6.45, 7) is 1.74. The summed E-state index contributed by atoms with van der Waals surface area (Å²) in [4.78, 5) is 50.5. The molecule has 2 aliphatic heterocycles. The minimum Gasteiger partial charge on any atom is -0.486 e. The Morgan fingerprint density at radius 3 is 2.50 bits per heavy atom. The Kier molecular flexibility index (Phi) is 5.62. The molecular weight excluding hydrogens is 440 g/mol. The molecule has 32 heavy (non-hydrogen) atoms. The molecule has 1 fully saturated rings. The third-order valence-electron chi connectivity index (χ3n) is 5.05. The molecule has 166 valence electrons. The van der Waals surface area contributed by atoms with Gasteiger partial charge >= 0.3 is 12.1 Å². The van der Waals surface area contributed by atoms with Gasteiger partial charge < -0.3 is 20.1 Å². The van der Waals surface area contributed by atoms with Crippen LogP contribution in [0, 0.1) is 0 Å². The van der Waals surface area contributed by atoms with Crippen LogP contribution in [0.2, 0.25) is 5.02 Å². The van der Waals surface area contributed by atoms with E-state index >= 15 is 0 Å². The number of amides is 6. The van der Waals surface area contributed by atoms with E-state index in [2.05, 4.69) is 16.0 Å². The summed E-state index contributed by atoms with van der Waals surface area (Å²) in [6.07, 6.45) is 0. The highest BCUT2D eigenvalue weighted by Crippen LogP contribution is 2.32. The average molecular weight is 459 g/mol. The lowest BCUT2D eigenvalue weighted by Crippen LogP contribution is -2.45. The zero-order valence-corrected chi connectivity index (χ0v) is 17.7. The number of ether oxygens (including phenoxy) is 2. The van der Waals surface area contributed by atoms with Gasteiger partial charge in [0.2, 0.25) is 5.91 Å². The predicted molar refractivity (Wildman–Crippen MR) is 114 cm³/mol. The first-order valence-electron chi connectivity index (χ1n) is 9.67. The van der Waals surface area contributed by atoms with Gasteiger partial charge in [0, 0.05) is 16.8 Å². The molecule has 0 radical (unpaired) electrons. The first-order valence-corrected chi connectivity index (χ1v) is 10.0. The normalized spacial score (nSPS) is 19.4. The fourth-order valence-corrected chi connectivity index (χ4v) is 3.54. The number of carbonyl (C=O) groups excluding carboxylic acids is 4. The highest BCUT2D eigenvalue weighted by molar-refractivity contribution is 6.30. The van der Waals surface area contributed by atoms with Gasteiger partial charge in [-0.05, 0) is 36.8 Å². The number of urea groups is 2. The number of hydrogen-bond acceptors (Lipinski definition) is 6. The lowest BCUT2D eigenvalue weighted by molar-refractivity contribution is -0.134. The van der Waals surface area contributed by atoms with Gasteiger partial charge in [0.25, 0.3) is 5.91 Å². The molecule has 2 aromatic rings. The van der Waals surface area contributed by atoms with Crippen molar-refractivity contribution < 1.29 is 28.7 Å². The third-order valence-corrected chi connectivity index (χ3v) is 5.30. The molecule has 1 atom stereocenters. The van der Waals surface area contributed by atoms with Gasteiger partial charge in [0.05, 0.1) is 0 Å².